The fourth-order valence-corrected chi connectivity index (χ4v) is 3.44. The number of carbonyl (C=O) groups excluding carboxylic acids is 1. The molecule has 8 heteroatoms. The van der Waals surface area contributed by atoms with Crippen molar-refractivity contribution in [1.82, 2.24) is 24.5 Å². The molecule has 2 aromatic heterocycles. The van der Waals surface area contributed by atoms with Crippen LogP contribution in [0.25, 0.3) is 0 Å². The van der Waals surface area contributed by atoms with Crippen molar-refractivity contribution in [3.05, 3.63) is 35.2 Å². The lowest BCUT2D eigenvalue weighted by Gasteiger charge is -2.27. The quantitative estimate of drug-likeness (QED) is 0.815. The number of ether oxygens (including phenoxy) is 1. The number of rotatable bonds is 3. The molecule has 8 nitrogen and oxygen atoms in total. The summed E-state index contributed by atoms with van der Waals surface area (Å²) >= 11 is 0. The Hall–Kier alpha value is -2.19. The molecular weight excluding hydrogens is 322 g/mol. The van der Waals surface area contributed by atoms with Crippen LogP contribution in [-0.2, 0) is 24.2 Å². The number of amides is 1. The molecule has 0 atom stereocenters. The minimum Gasteiger partial charge on any atom is -0.379 e. The van der Waals surface area contributed by atoms with Gasteiger partial charge in [-0.05, 0) is 6.92 Å². The first-order valence-corrected chi connectivity index (χ1v) is 8.76. The molecule has 2 aromatic rings. The van der Waals surface area contributed by atoms with E-state index in [0.717, 1.165) is 51.6 Å². The molecule has 1 fully saturated rings. The van der Waals surface area contributed by atoms with Crippen LogP contribution in [0.2, 0.25) is 0 Å². The highest BCUT2D eigenvalue weighted by Gasteiger charge is 2.24. The summed E-state index contributed by atoms with van der Waals surface area (Å²) in [5.41, 5.74) is 1.59. The number of hydrogen-bond acceptors (Lipinski definition) is 6. The number of fused-ring (bicyclic) bond motifs is 1. The van der Waals surface area contributed by atoms with Gasteiger partial charge in [0.2, 0.25) is 0 Å². The van der Waals surface area contributed by atoms with Crippen molar-refractivity contribution in [1.29, 1.82) is 0 Å². The second kappa shape index (κ2) is 6.97. The van der Waals surface area contributed by atoms with Gasteiger partial charge in [-0.1, -0.05) is 5.16 Å². The number of hydrogen-bond donors (Lipinski definition) is 0. The van der Waals surface area contributed by atoms with Crippen molar-refractivity contribution in [3.8, 4) is 0 Å². The summed E-state index contributed by atoms with van der Waals surface area (Å²) in [6, 6.07) is 1.69. The Bertz CT molecular complexity index is 747. The molecule has 1 amide bonds. The van der Waals surface area contributed by atoms with Crippen LogP contribution in [0.3, 0.4) is 0 Å². The number of nitrogens with zero attached hydrogens (tertiary/aromatic N) is 5. The maximum atomic E-state index is 12.6. The van der Waals surface area contributed by atoms with Crippen molar-refractivity contribution in [2.24, 2.45) is 0 Å². The van der Waals surface area contributed by atoms with Crippen LogP contribution in [0.1, 0.15) is 27.8 Å². The van der Waals surface area contributed by atoms with Crippen LogP contribution in [-0.4, -0.2) is 69.8 Å². The Morgan fingerprint density at radius 1 is 1.20 bits per heavy atom. The molecule has 4 rings (SSSR count). The minimum absolute atomic E-state index is 0.0719. The van der Waals surface area contributed by atoms with Gasteiger partial charge in [-0.25, -0.2) is 4.98 Å². The van der Waals surface area contributed by atoms with E-state index in [1.165, 1.54) is 5.69 Å². The highest BCUT2D eigenvalue weighted by atomic mass is 16.5. The third kappa shape index (κ3) is 3.45. The monoisotopic (exact) mass is 345 g/mol. The van der Waals surface area contributed by atoms with Crippen molar-refractivity contribution in [3.63, 3.8) is 0 Å². The summed E-state index contributed by atoms with van der Waals surface area (Å²) in [5.74, 6) is 1.63. The summed E-state index contributed by atoms with van der Waals surface area (Å²) in [6.07, 6.45) is 2.73. The summed E-state index contributed by atoms with van der Waals surface area (Å²) < 4.78 is 12.7. The summed E-state index contributed by atoms with van der Waals surface area (Å²) in [5, 5.41) is 3.85. The largest absolute Gasteiger partial charge is 0.379 e. The summed E-state index contributed by atoms with van der Waals surface area (Å²) in [7, 11) is 0. The Balaban J connectivity index is 1.44. The van der Waals surface area contributed by atoms with E-state index < -0.39 is 0 Å². The first-order chi connectivity index (χ1) is 12.2. The lowest BCUT2D eigenvalue weighted by atomic mass is 10.3. The fraction of sp³-hybridized carbons (Fsp3) is 0.588. The predicted octanol–water partition coefficient (Wildman–Crippen LogP) is 0.710. The molecule has 0 saturated carbocycles. The molecule has 2 aliphatic heterocycles. The second-order valence-electron chi connectivity index (χ2n) is 6.57. The van der Waals surface area contributed by atoms with Crippen LogP contribution in [0.5, 0.6) is 0 Å². The maximum absolute atomic E-state index is 12.6. The van der Waals surface area contributed by atoms with Crippen LogP contribution in [0.4, 0.5) is 0 Å². The smallest absolute Gasteiger partial charge is 0.276 e. The van der Waals surface area contributed by atoms with Crippen LogP contribution < -0.4 is 0 Å². The predicted molar refractivity (Wildman–Crippen MR) is 89.2 cm³/mol. The Morgan fingerprint density at radius 3 is 2.80 bits per heavy atom. The average molecular weight is 345 g/mol. The molecule has 134 valence electrons. The van der Waals surface area contributed by atoms with Crippen molar-refractivity contribution >= 4 is 5.91 Å². The Labute approximate surface area is 146 Å². The van der Waals surface area contributed by atoms with E-state index in [0.29, 0.717) is 24.5 Å². The summed E-state index contributed by atoms with van der Waals surface area (Å²) in [4.78, 5) is 21.4. The van der Waals surface area contributed by atoms with Gasteiger partial charge < -0.3 is 18.7 Å². The topological polar surface area (TPSA) is 76.6 Å². The molecule has 1 saturated heterocycles. The fourth-order valence-electron chi connectivity index (χ4n) is 3.44. The zero-order valence-corrected chi connectivity index (χ0v) is 14.5. The van der Waals surface area contributed by atoms with Gasteiger partial charge >= 0.3 is 0 Å². The van der Waals surface area contributed by atoms with Crippen LogP contribution >= 0.6 is 0 Å². The Kier molecular flexibility index (Phi) is 4.54. The SMILES string of the molecule is Cc1cc(C(=O)N2CCc3ncc(CN4CCOCC4)n3CC2)no1. The van der Waals surface area contributed by atoms with E-state index in [2.05, 4.69) is 19.6 Å². The van der Waals surface area contributed by atoms with Gasteiger partial charge in [0, 0.05) is 58.0 Å². The van der Waals surface area contributed by atoms with Crippen molar-refractivity contribution in [2.75, 3.05) is 39.4 Å². The molecule has 0 bridgehead atoms. The zero-order valence-electron chi connectivity index (χ0n) is 14.5. The molecular formula is C17H23N5O3. The van der Waals surface area contributed by atoms with E-state index in [1.54, 1.807) is 13.0 Å². The molecule has 0 radical (unpaired) electrons. The first kappa shape index (κ1) is 16.3. The summed E-state index contributed by atoms with van der Waals surface area (Å²) in [6.45, 7) is 8.24. The molecule has 0 N–H and O–H groups in total. The van der Waals surface area contributed by atoms with Gasteiger partial charge in [0.15, 0.2) is 5.69 Å². The lowest BCUT2D eigenvalue weighted by Crippen LogP contribution is -2.36. The van der Waals surface area contributed by atoms with E-state index >= 15 is 0 Å². The third-order valence-electron chi connectivity index (χ3n) is 4.84. The van der Waals surface area contributed by atoms with Crippen molar-refractivity contribution in [2.45, 2.75) is 26.4 Å². The lowest BCUT2D eigenvalue weighted by molar-refractivity contribution is 0.0331. The number of aromatic nitrogens is 3. The van der Waals surface area contributed by atoms with Crippen LogP contribution in [0.15, 0.2) is 16.8 Å². The highest BCUT2D eigenvalue weighted by Crippen LogP contribution is 2.16. The van der Waals surface area contributed by atoms with E-state index in [1.807, 2.05) is 11.1 Å². The zero-order chi connectivity index (χ0) is 17.2. The van der Waals surface area contributed by atoms with E-state index in [9.17, 15) is 4.79 Å². The van der Waals surface area contributed by atoms with E-state index in [4.69, 9.17) is 9.26 Å². The number of imidazole rings is 1. The van der Waals surface area contributed by atoms with E-state index in [-0.39, 0.29) is 5.91 Å². The third-order valence-corrected chi connectivity index (χ3v) is 4.84. The molecule has 4 heterocycles. The van der Waals surface area contributed by atoms with Gasteiger partial charge in [0.1, 0.15) is 11.6 Å². The minimum atomic E-state index is -0.0719. The average Bonchev–Trinajstić information content (AvgIpc) is 3.16. The Morgan fingerprint density at radius 2 is 2.04 bits per heavy atom. The normalized spacial score (nSPS) is 18.8. The van der Waals surface area contributed by atoms with Gasteiger partial charge in [0.25, 0.3) is 5.91 Å². The number of carbonyl (C=O) groups is 1. The first-order valence-electron chi connectivity index (χ1n) is 8.76. The number of morpholine rings is 1. The standard InChI is InChI=1S/C17H23N5O3/c1-13-10-15(19-25-13)17(23)21-3-2-16-18-11-14(22(16)5-4-21)12-20-6-8-24-9-7-20/h10-11H,2-9,12H2,1H3. The van der Waals surface area contributed by atoms with Gasteiger partial charge in [-0.2, -0.15) is 0 Å². The molecule has 0 unspecified atom stereocenters. The van der Waals surface area contributed by atoms with Gasteiger partial charge in [0.05, 0.1) is 18.9 Å². The molecule has 0 aromatic carbocycles. The van der Waals surface area contributed by atoms with Gasteiger partial charge in [-0.3, -0.25) is 9.69 Å². The molecule has 0 spiro atoms. The number of aryl methyl sites for hydroxylation is 1. The molecule has 0 aliphatic carbocycles. The maximum Gasteiger partial charge on any atom is 0.276 e. The van der Waals surface area contributed by atoms with Crippen LogP contribution in [0, 0.1) is 6.92 Å². The van der Waals surface area contributed by atoms with Gasteiger partial charge in [-0.15, -0.1) is 0 Å². The van der Waals surface area contributed by atoms with Crippen molar-refractivity contribution < 1.29 is 14.1 Å². The molecule has 2 aliphatic rings. The molecule has 25 heavy (non-hydrogen) atoms. The second-order valence-corrected chi connectivity index (χ2v) is 6.57. The highest BCUT2D eigenvalue weighted by molar-refractivity contribution is 5.92.